The van der Waals surface area contributed by atoms with Crippen LogP contribution in [0.3, 0.4) is 0 Å². The molecule has 0 aliphatic rings. The predicted molar refractivity (Wildman–Crippen MR) is 90.1 cm³/mol. The maximum Gasteiger partial charge on any atom is 1.00 e. The summed E-state index contributed by atoms with van der Waals surface area (Å²) in [4.78, 5) is 27.9. The number of benzene rings is 1. The van der Waals surface area contributed by atoms with Gasteiger partial charge in [0.05, 0.1) is 36.1 Å². The summed E-state index contributed by atoms with van der Waals surface area (Å²) in [5.41, 5.74) is 0.929. The molecular weight excluding hydrogens is 377 g/mol. The van der Waals surface area contributed by atoms with Gasteiger partial charge >= 0.3 is 57.0 Å². The van der Waals surface area contributed by atoms with Crippen molar-refractivity contribution >= 4 is 22.6 Å². The molecule has 1 aromatic carbocycles. The summed E-state index contributed by atoms with van der Waals surface area (Å²) in [5, 5.41) is 16.0. The maximum absolute atomic E-state index is 12.5. The third-order valence-electron chi connectivity index (χ3n) is 4.04. The minimum atomic E-state index is -1.39. The fourth-order valence-electron chi connectivity index (χ4n) is 2.83. The van der Waals surface area contributed by atoms with Gasteiger partial charge in [0.1, 0.15) is 11.3 Å². The van der Waals surface area contributed by atoms with Crippen molar-refractivity contribution in [1.82, 2.24) is 14.6 Å². The number of rotatable bonds is 3. The van der Waals surface area contributed by atoms with Crippen LogP contribution >= 0.6 is 0 Å². The summed E-state index contributed by atoms with van der Waals surface area (Å²) in [6.07, 6.45) is 1.15. The minimum Gasteiger partial charge on any atom is -0.545 e. The Morgan fingerprint density at radius 1 is 1.26 bits per heavy atom. The molecule has 0 aliphatic carbocycles. The smallest absolute Gasteiger partial charge is 0.545 e. The summed E-state index contributed by atoms with van der Waals surface area (Å²) in [7, 11) is 1.54. The van der Waals surface area contributed by atoms with Crippen molar-refractivity contribution < 1.29 is 70.4 Å². The van der Waals surface area contributed by atoms with Crippen LogP contribution in [0.4, 0.5) is 0 Å². The van der Waals surface area contributed by atoms with Crippen LogP contribution in [0.5, 0.6) is 5.75 Å². The zero-order valence-electron chi connectivity index (χ0n) is 14.8. The van der Waals surface area contributed by atoms with E-state index in [1.54, 1.807) is 44.4 Å². The number of nitrogens with zero attached hydrogens (tertiary/aromatic N) is 3. The van der Waals surface area contributed by atoms with Crippen molar-refractivity contribution in [3.05, 3.63) is 58.2 Å². The zero-order chi connectivity index (χ0) is 18.4. The Balaban J connectivity index is 0.00000210. The van der Waals surface area contributed by atoms with E-state index < -0.39 is 11.6 Å². The molecule has 0 fully saturated rings. The van der Waals surface area contributed by atoms with Gasteiger partial charge in [-0.2, -0.15) is 5.10 Å². The van der Waals surface area contributed by atoms with Gasteiger partial charge in [0.2, 0.25) is 0 Å². The first-order valence-electron chi connectivity index (χ1n) is 7.67. The summed E-state index contributed by atoms with van der Waals surface area (Å²) < 4.78 is 11.9. The van der Waals surface area contributed by atoms with Crippen molar-refractivity contribution in [1.29, 1.82) is 0 Å². The number of aromatic carboxylic acids is 1. The summed E-state index contributed by atoms with van der Waals surface area (Å²) in [6.45, 7) is 1.70. The molecule has 0 spiro atoms. The van der Waals surface area contributed by atoms with Crippen LogP contribution in [0, 0.1) is 6.92 Å². The number of aryl methyl sites for hydroxylation is 1. The number of carboxylic acids is 1. The molecule has 0 atom stereocenters. The molecule has 0 unspecified atom stereocenters. The van der Waals surface area contributed by atoms with Gasteiger partial charge in [0, 0.05) is 11.1 Å². The van der Waals surface area contributed by atoms with Crippen molar-refractivity contribution in [2.45, 2.75) is 6.92 Å². The van der Waals surface area contributed by atoms with E-state index >= 15 is 0 Å². The van der Waals surface area contributed by atoms with Crippen molar-refractivity contribution in [3.8, 4) is 17.0 Å². The van der Waals surface area contributed by atoms with Gasteiger partial charge in [-0.1, -0.05) is 0 Å². The van der Waals surface area contributed by atoms with Gasteiger partial charge < -0.3 is 19.1 Å². The van der Waals surface area contributed by atoms with E-state index in [9.17, 15) is 14.7 Å². The van der Waals surface area contributed by atoms with Crippen LogP contribution in [0.2, 0.25) is 0 Å². The summed E-state index contributed by atoms with van der Waals surface area (Å²) in [6, 6.07) is 8.37. The molecule has 130 valence electrons. The Labute approximate surface area is 195 Å². The Morgan fingerprint density at radius 3 is 2.74 bits per heavy atom. The molecule has 0 saturated carbocycles. The maximum atomic E-state index is 12.5. The van der Waals surface area contributed by atoms with E-state index in [0.29, 0.717) is 28.1 Å². The van der Waals surface area contributed by atoms with Crippen LogP contribution in [-0.2, 0) is 0 Å². The average molecular weight is 389 g/mol. The normalized spacial score (nSPS) is 10.7. The van der Waals surface area contributed by atoms with E-state index in [2.05, 4.69) is 10.1 Å². The standard InChI is InChI=1S/C18H13N3O5.K/c1-9-5-14(21-16(20-9)13(8-19-21)17(22)23)12-7-10-6-11(25-2)3-4-15(10)26-18(12)24;/h3-8H,1-2H3,(H,22,23);/q;+1/p-1. The van der Waals surface area contributed by atoms with E-state index in [1.807, 2.05) is 0 Å². The van der Waals surface area contributed by atoms with Crippen LogP contribution in [-0.4, -0.2) is 27.7 Å². The summed E-state index contributed by atoms with van der Waals surface area (Å²) >= 11 is 0. The van der Waals surface area contributed by atoms with Crippen LogP contribution < -0.4 is 66.9 Å². The predicted octanol–water partition coefficient (Wildman–Crippen LogP) is -1.81. The number of hydrogen-bond acceptors (Lipinski definition) is 7. The fraction of sp³-hybridized carbons (Fsp3) is 0.111. The number of fused-ring (bicyclic) bond motifs is 2. The number of ether oxygens (including phenoxy) is 1. The molecule has 3 aromatic heterocycles. The largest absolute Gasteiger partial charge is 1.00 e. The Morgan fingerprint density at radius 2 is 2.04 bits per heavy atom. The second-order valence-electron chi connectivity index (χ2n) is 5.72. The van der Waals surface area contributed by atoms with Crippen LogP contribution in [0.25, 0.3) is 27.9 Å². The minimum absolute atomic E-state index is 0. The van der Waals surface area contributed by atoms with Crippen LogP contribution in [0.1, 0.15) is 16.1 Å². The molecule has 27 heavy (non-hydrogen) atoms. The van der Waals surface area contributed by atoms with E-state index in [-0.39, 0.29) is 68.2 Å². The number of carboxylic acid groups (broad SMARTS) is 1. The second kappa shape index (κ2) is 7.53. The zero-order valence-corrected chi connectivity index (χ0v) is 18.0. The van der Waals surface area contributed by atoms with Gasteiger partial charge in [0.25, 0.3) is 0 Å². The molecule has 4 rings (SSSR count). The van der Waals surface area contributed by atoms with Gasteiger partial charge in [0.15, 0.2) is 5.65 Å². The first kappa shape index (κ1) is 19.7. The number of hydrogen-bond donors (Lipinski definition) is 0. The van der Waals surface area contributed by atoms with Gasteiger partial charge in [-0.25, -0.2) is 14.3 Å². The van der Waals surface area contributed by atoms with Crippen LogP contribution in [0.15, 0.2) is 45.7 Å². The van der Waals surface area contributed by atoms with Gasteiger partial charge in [-0.05, 0) is 37.3 Å². The first-order chi connectivity index (χ1) is 12.5. The van der Waals surface area contributed by atoms with Gasteiger partial charge in [-0.15, -0.1) is 0 Å². The molecule has 8 nitrogen and oxygen atoms in total. The van der Waals surface area contributed by atoms with Crippen molar-refractivity contribution in [2.75, 3.05) is 7.11 Å². The molecule has 9 heteroatoms. The molecule has 4 aromatic rings. The third-order valence-corrected chi connectivity index (χ3v) is 4.04. The van der Waals surface area contributed by atoms with E-state index in [0.717, 1.165) is 6.20 Å². The van der Waals surface area contributed by atoms with Crippen molar-refractivity contribution in [2.24, 2.45) is 0 Å². The molecule has 0 bridgehead atoms. The second-order valence-corrected chi connectivity index (χ2v) is 5.72. The number of carbonyl (C=O) groups is 1. The average Bonchev–Trinajstić information content (AvgIpc) is 3.04. The van der Waals surface area contributed by atoms with Gasteiger partial charge in [-0.3, -0.25) is 0 Å². The van der Waals surface area contributed by atoms with E-state index in [4.69, 9.17) is 9.15 Å². The summed E-state index contributed by atoms with van der Waals surface area (Å²) in [5.74, 6) is -0.772. The Kier molecular flexibility index (Phi) is 5.49. The molecule has 0 saturated heterocycles. The number of methoxy groups -OCH3 is 1. The molecule has 0 radical (unpaired) electrons. The molecule has 0 aliphatic heterocycles. The quantitative estimate of drug-likeness (QED) is 0.300. The Bertz CT molecular complexity index is 1250. The third kappa shape index (κ3) is 3.44. The molecule has 0 N–H and O–H groups in total. The van der Waals surface area contributed by atoms with Crippen molar-refractivity contribution in [3.63, 3.8) is 0 Å². The monoisotopic (exact) mass is 389 g/mol. The molecule has 3 heterocycles. The Hall–Kier alpha value is -2.04. The number of carbonyl (C=O) groups excluding carboxylic acids is 1. The van der Waals surface area contributed by atoms with E-state index in [1.165, 1.54) is 4.52 Å². The SMILES string of the molecule is COc1ccc2oc(=O)c(-c3cc(C)nc4c(C(=O)[O-])cnn34)cc2c1.[K+]. The first-order valence-corrected chi connectivity index (χ1v) is 7.67. The molecular formula is C18H12KN3O5. The number of aromatic nitrogens is 3. The molecule has 0 amide bonds. The fourth-order valence-corrected chi connectivity index (χ4v) is 2.83. The topological polar surface area (TPSA) is 110 Å².